The highest BCUT2D eigenvalue weighted by Crippen LogP contribution is 2.38. The molecule has 5 nitrogen and oxygen atoms in total. The van der Waals surface area contributed by atoms with Crippen LogP contribution in [-0.2, 0) is 18.3 Å². The van der Waals surface area contributed by atoms with Crippen LogP contribution in [0.15, 0.2) is 30.3 Å². The summed E-state index contributed by atoms with van der Waals surface area (Å²) in [6.45, 7) is 2.95. The molecule has 1 aliphatic heterocycles. The van der Waals surface area contributed by atoms with Gasteiger partial charge in [0.05, 0.1) is 6.42 Å². The third kappa shape index (κ3) is 2.95. The van der Waals surface area contributed by atoms with E-state index < -0.39 is 0 Å². The molecule has 0 bridgehead atoms. The summed E-state index contributed by atoms with van der Waals surface area (Å²) < 4.78 is 1.78. The Morgan fingerprint density at radius 1 is 1.21 bits per heavy atom. The second-order valence-corrected chi connectivity index (χ2v) is 7.20. The standard InChI is InChI=1S/C19H24N4O/c1-13-10-16(14-6-4-3-5-7-14)12-23(13)18(24)11-17-20-19(15-8-9-15)21-22(17)2/h3-7,13,15-16H,8-12H2,1-2H3. The fraction of sp³-hybridized carbons (Fsp3) is 0.526. The van der Waals surface area contributed by atoms with Crippen molar-refractivity contribution in [1.29, 1.82) is 0 Å². The first kappa shape index (κ1) is 15.4. The van der Waals surface area contributed by atoms with Crippen LogP contribution in [0.4, 0.5) is 0 Å². The normalized spacial score (nSPS) is 23.7. The van der Waals surface area contributed by atoms with Crippen molar-refractivity contribution in [2.45, 2.75) is 50.5 Å². The number of likely N-dealkylation sites (tertiary alicyclic amines) is 1. The van der Waals surface area contributed by atoms with E-state index >= 15 is 0 Å². The largest absolute Gasteiger partial charge is 0.339 e. The Hall–Kier alpha value is -2.17. The van der Waals surface area contributed by atoms with E-state index in [1.165, 1.54) is 18.4 Å². The lowest BCUT2D eigenvalue weighted by Crippen LogP contribution is -2.35. The Morgan fingerprint density at radius 2 is 1.96 bits per heavy atom. The monoisotopic (exact) mass is 324 g/mol. The number of rotatable bonds is 4. The predicted molar refractivity (Wildman–Crippen MR) is 91.7 cm³/mol. The Bertz CT molecular complexity index is 735. The number of amides is 1. The van der Waals surface area contributed by atoms with E-state index in [0.717, 1.165) is 24.6 Å². The van der Waals surface area contributed by atoms with Crippen LogP contribution in [0.2, 0.25) is 0 Å². The van der Waals surface area contributed by atoms with Crippen molar-refractivity contribution < 1.29 is 4.79 Å². The molecule has 1 aromatic heterocycles. The summed E-state index contributed by atoms with van der Waals surface area (Å²) in [6.07, 6.45) is 3.74. The third-order valence-corrected chi connectivity index (χ3v) is 5.29. The average Bonchev–Trinajstić information content (AvgIpc) is 3.27. The highest BCUT2D eigenvalue weighted by Gasteiger charge is 2.34. The number of benzene rings is 1. The average molecular weight is 324 g/mol. The van der Waals surface area contributed by atoms with Crippen molar-refractivity contribution in [3.63, 3.8) is 0 Å². The molecule has 1 saturated heterocycles. The van der Waals surface area contributed by atoms with Crippen LogP contribution in [0.1, 0.15) is 55.2 Å². The summed E-state index contributed by atoms with van der Waals surface area (Å²) in [6, 6.07) is 10.8. The Morgan fingerprint density at radius 3 is 2.67 bits per heavy atom. The molecule has 1 aliphatic carbocycles. The smallest absolute Gasteiger partial charge is 0.230 e. The fourth-order valence-corrected chi connectivity index (χ4v) is 3.69. The molecule has 2 aromatic rings. The molecule has 1 saturated carbocycles. The first-order valence-corrected chi connectivity index (χ1v) is 8.86. The van der Waals surface area contributed by atoms with Crippen molar-refractivity contribution in [3.8, 4) is 0 Å². The Kier molecular flexibility index (Phi) is 3.87. The van der Waals surface area contributed by atoms with Gasteiger partial charge in [-0.1, -0.05) is 30.3 Å². The van der Waals surface area contributed by atoms with Gasteiger partial charge in [-0.15, -0.1) is 0 Å². The van der Waals surface area contributed by atoms with Crippen LogP contribution < -0.4 is 0 Å². The molecule has 1 amide bonds. The van der Waals surface area contributed by atoms with Crippen LogP contribution in [-0.4, -0.2) is 38.2 Å². The Balaban J connectivity index is 1.44. The second kappa shape index (κ2) is 6.04. The minimum atomic E-state index is 0.166. The van der Waals surface area contributed by atoms with Gasteiger partial charge in [-0.25, -0.2) is 4.98 Å². The van der Waals surface area contributed by atoms with E-state index in [-0.39, 0.29) is 11.9 Å². The lowest BCUT2D eigenvalue weighted by Gasteiger charge is -2.21. The molecule has 2 aliphatic rings. The van der Waals surface area contributed by atoms with Crippen molar-refractivity contribution in [2.24, 2.45) is 7.05 Å². The molecule has 0 radical (unpaired) electrons. The van der Waals surface area contributed by atoms with Crippen LogP contribution in [0.3, 0.4) is 0 Å². The minimum Gasteiger partial charge on any atom is -0.339 e. The van der Waals surface area contributed by atoms with Gasteiger partial charge in [0, 0.05) is 31.5 Å². The number of nitrogens with zero attached hydrogens (tertiary/aromatic N) is 4. The third-order valence-electron chi connectivity index (χ3n) is 5.29. The molecule has 4 rings (SSSR count). The molecule has 2 atom stereocenters. The van der Waals surface area contributed by atoms with Gasteiger partial charge in [0.1, 0.15) is 5.82 Å². The SMILES string of the molecule is CC1CC(c2ccccc2)CN1C(=O)Cc1nc(C2CC2)nn1C. The molecule has 126 valence electrons. The number of carbonyl (C=O) groups is 1. The van der Waals surface area contributed by atoms with Gasteiger partial charge in [0.25, 0.3) is 0 Å². The zero-order valence-corrected chi connectivity index (χ0v) is 14.4. The van der Waals surface area contributed by atoms with E-state index in [1.54, 1.807) is 4.68 Å². The van der Waals surface area contributed by atoms with E-state index in [1.807, 2.05) is 18.0 Å². The van der Waals surface area contributed by atoms with Crippen LogP contribution in [0.5, 0.6) is 0 Å². The molecule has 0 N–H and O–H groups in total. The van der Waals surface area contributed by atoms with E-state index in [2.05, 4.69) is 41.3 Å². The van der Waals surface area contributed by atoms with E-state index in [0.29, 0.717) is 18.3 Å². The van der Waals surface area contributed by atoms with Gasteiger partial charge in [-0.05, 0) is 31.7 Å². The predicted octanol–water partition coefficient (Wildman–Crippen LogP) is 2.64. The quantitative estimate of drug-likeness (QED) is 0.869. The fourth-order valence-electron chi connectivity index (χ4n) is 3.69. The summed E-state index contributed by atoms with van der Waals surface area (Å²) in [5.41, 5.74) is 1.33. The molecule has 5 heteroatoms. The van der Waals surface area contributed by atoms with Crippen molar-refractivity contribution in [3.05, 3.63) is 47.5 Å². The summed E-state index contributed by atoms with van der Waals surface area (Å²) >= 11 is 0. The van der Waals surface area contributed by atoms with Gasteiger partial charge in [0.2, 0.25) is 5.91 Å². The topological polar surface area (TPSA) is 51.0 Å². The van der Waals surface area contributed by atoms with E-state index in [9.17, 15) is 4.79 Å². The molecular weight excluding hydrogens is 300 g/mol. The second-order valence-electron chi connectivity index (χ2n) is 7.20. The molecule has 0 spiro atoms. The van der Waals surface area contributed by atoms with Gasteiger partial charge in [-0.3, -0.25) is 9.48 Å². The molecule has 24 heavy (non-hydrogen) atoms. The number of aryl methyl sites for hydroxylation is 1. The Labute approximate surface area is 142 Å². The summed E-state index contributed by atoms with van der Waals surface area (Å²) in [5.74, 6) is 2.83. The van der Waals surface area contributed by atoms with Gasteiger partial charge in [-0.2, -0.15) is 5.10 Å². The first-order chi connectivity index (χ1) is 11.6. The number of hydrogen-bond acceptors (Lipinski definition) is 3. The van der Waals surface area contributed by atoms with Gasteiger partial charge in [0.15, 0.2) is 5.82 Å². The van der Waals surface area contributed by atoms with Crippen LogP contribution >= 0.6 is 0 Å². The first-order valence-electron chi connectivity index (χ1n) is 8.86. The highest BCUT2D eigenvalue weighted by molar-refractivity contribution is 5.78. The molecule has 2 heterocycles. The van der Waals surface area contributed by atoms with Crippen molar-refractivity contribution in [2.75, 3.05) is 6.54 Å². The number of carbonyl (C=O) groups excluding carboxylic acids is 1. The van der Waals surface area contributed by atoms with Gasteiger partial charge < -0.3 is 4.90 Å². The maximum atomic E-state index is 12.8. The number of aromatic nitrogens is 3. The molecule has 2 fully saturated rings. The molecule has 1 aromatic carbocycles. The maximum absolute atomic E-state index is 12.8. The molecular formula is C19H24N4O. The lowest BCUT2D eigenvalue weighted by atomic mass is 9.97. The zero-order valence-electron chi connectivity index (χ0n) is 14.4. The lowest BCUT2D eigenvalue weighted by molar-refractivity contribution is -0.131. The summed E-state index contributed by atoms with van der Waals surface area (Å²) in [7, 11) is 1.89. The van der Waals surface area contributed by atoms with Crippen LogP contribution in [0, 0.1) is 0 Å². The summed E-state index contributed by atoms with van der Waals surface area (Å²) in [5, 5.41) is 4.47. The highest BCUT2D eigenvalue weighted by atomic mass is 16.2. The number of hydrogen-bond donors (Lipinski definition) is 0. The van der Waals surface area contributed by atoms with Crippen molar-refractivity contribution in [1.82, 2.24) is 19.7 Å². The van der Waals surface area contributed by atoms with Gasteiger partial charge >= 0.3 is 0 Å². The van der Waals surface area contributed by atoms with E-state index in [4.69, 9.17) is 0 Å². The van der Waals surface area contributed by atoms with Crippen molar-refractivity contribution >= 4 is 5.91 Å². The van der Waals surface area contributed by atoms with Crippen LogP contribution in [0.25, 0.3) is 0 Å². The maximum Gasteiger partial charge on any atom is 0.230 e. The summed E-state index contributed by atoms with van der Waals surface area (Å²) in [4.78, 5) is 19.4. The minimum absolute atomic E-state index is 0.166. The molecule has 2 unspecified atom stereocenters. The zero-order chi connectivity index (χ0) is 16.7.